The number of nitrogens with zero attached hydrogens (tertiary/aromatic N) is 4. The highest BCUT2D eigenvalue weighted by Crippen LogP contribution is 2.34. The van der Waals surface area contributed by atoms with Crippen LogP contribution in [0, 0.1) is 10.1 Å². The largest absolute Gasteiger partial charge is 0.465 e. The number of carbonyl (C=O) groups excluding carboxylic acids is 2. The average molecular weight is 462 g/mol. The van der Waals surface area contributed by atoms with Crippen molar-refractivity contribution in [1.29, 1.82) is 0 Å². The first-order valence-electron chi connectivity index (χ1n) is 9.74. The van der Waals surface area contributed by atoms with Gasteiger partial charge in [0, 0.05) is 31.1 Å². The van der Waals surface area contributed by atoms with E-state index >= 15 is 0 Å². The molecule has 166 valence electrons. The second-order valence-corrected chi connectivity index (χ2v) is 8.00. The van der Waals surface area contributed by atoms with Gasteiger partial charge in [-0.3, -0.25) is 19.8 Å². The molecule has 0 atom stereocenters. The molecule has 2 aromatic carbocycles. The highest BCUT2D eigenvalue weighted by atomic mass is 32.2. The van der Waals surface area contributed by atoms with Crippen molar-refractivity contribution >= 4 is 46.3 Å². The zero-order chi connectivity index (χ0) is 23.5. The minimum Gasteiger partial charge on any atom is -0.465 e. The molecule has 1 aliphatic rings. The number of carbonyl (C=O) groups is 2. The molecule has 0 N–H and O–H groups in total. The Morgan fingerprint density at radius 3 is 2.70 bits per heavy atom. The van der Waals surface area contributed by atoms with Crippen LogP contribution in [-0.4, -0.2) is 45.6 Å². The van der Waals surface area contributed by atoms with Gasteiger partial charge in [0.25, 0.3) is 11.6 Å². The Morgan fingerprint density at radius 1 is 1.15 bits per heavy atom. The van der Waals surface area contributed by atoms with E-state index in [1.54, 1.807) is 66.4 Å². The lowest BCUT2D eigenvalue weighted by Gasteiger charge is -2.08. The summed E-state index contributed by atoms with van der Waals surface area (Å²) >= 11 is 1.20. The van der Waals surface area contributed by atoms with Crippen molar-refractivity contribution < 1.29 is 19.2 Å². The van der Waals surface area contributed by atoms with Crippen molar-refractivity contribution in [2.45, 2.75) is 0 Å². The SMILES string of the molecule is COC(=O)c1cccc(N=C2SC(=Cc3cccn3-c3cccc([N+](=O)[O-])c3)C(=O)N2C)c1. The van der Waals surface area contributed by atoms with Gasteiger partial charge in [0.1, 0.15) is 0 Å². The van der Waals surface area contributed by atoms with Crippen molar-refractivity contribution in [3.63, 3.8) is 0 Å². The predicted molar refractivity (Wildman–Crippen MR) is 126 cm³/mol. The van der Waals surface area contributed by atoms with Crippen LogP contribution < -0.4 is 0 Å². The molecule has 1 aliphatic heterocycles. The van der Waals surface area contributed by atoms with E-state index in [4.69, 9.17) is 4.74 Å². The fourth-order valence-electron chi connectivity index (χ4n) is 3.22. The summed E-state index contributed by atoms with van der Waals surface area (Å²) in [7, 11) is 2.93. The van der Waals surface area contributed by atoms with Crippen LogP contribution in [0.15, 0.2) is 76.8 Å². The molecule has 1 amide bonds. The summed E-state index contributed by atoms with van der Waals surface area (Å²) in [5.74, 6) is -0.697. The first kappa shape index (κ1) is 22.0. The molecule has 4 rings (SSSR count). The molecule has 10 heteroatoms. The fourth-order valence-corrected chi connectivity index (χ4v) is 4.19. The summed E-state index contributed by atoms with van der Waals surface area (Å²) in [4.78, 5) is 41.7. The van der Waals surface area contributed by atoms with E-state index in [-0.39, 0.29) is 11.6 Å². The highest BCUT2D eigenvalue weighted by Gasteiger charge is 2.30. The number of rotatable bonds is 5. The van der Waals surface area contributed by atoms with Crippen LogP contribution in [0.2, 0.25) is 0 Å². The lowest BCUT2D eigenvalue weighted by molar-refractivity contribution is -0.384. The Kier molecular flexibility index (Phi) is 6.09. The average Bonchev–Trinajstić information content (AvgIpc) is 3.39. The number of amidine groups is 1. The van der Waals surface area contributed by atoms with Crippen LogP contribution >= 0.6 is 11.8 Å². The van der Waals surface area contributed by atoms with Gasteiger partial charge >= 0.3 is 5.97 Å². The number of esters is 1. The van der Waals surface area contributed by atoms with Crippen LogP contribution in [0.3, 0.4) is 0 Å². The van der Waals surface area contributed by atoms with Gasteiger partial charge in [-0.25, -0.2) is 9.79 Å². The summed E-state index contributed by atoms with van der Waals surface area (Å²) in [5, 5.41) is 11.6. The number of nitro benzene ring substituents is 1. The second kappa shape index (κ2) is 9.13. The number of non-ortho nitro benzene ring substituents is 1. The van der Waals surface area contributed by atoms with Gasteiger partial charge in [-0.15, -0.1) is 0 Å². The van der Waals surface area contributed by atoms with Crippen molar-refractivity contribution in [2.24, 2.45) is 4.99 Å². The van der Waals surface area contributed by atoms with Gasteiger partial charge < -0.3 is 9.30 Å². The zero-order valence-corrected chi connectivity index (χ0v) is 18.5. The number of hydrogen-bond donors (Lipinski definition) is 0. The monoisotopic (exact) mass is 462 g/mol. The van der Waals surface area contributed by atoms with E-state index < -0.39 is 10.9 Å². The quantitative estimate of drug-likeness (QED) is 0.241. The molecule has 33 heavy (non-hydrogen) atoms. The Hall–Kier alpha value is -4.18. The molecule has 1 fully saturated rings. The van der Waals surface area contributed by atoms with Gasteiger partial charge in [0.15, 0.2) is 5.17 Å². The first-order valence-corrected chi connectivity index (χ1v) is 10.6. The fraction of sp³-hybridized carbons (Fsp3) is 0.0870. The van der Waals surface area contributed by atoms with E-state index in [2.05, 4.69) is 4.99 Å². The van der Waals surface area contributed by atoms with Gasteiger partial charge in [-0.2, -0.15) is 0 Å². The van der Waals surface area contributed by atoms with Gasteiger partial charge in [-0.1, -0.05) is 12.1 Å². The molecule has 2 heterocycles. The molecule has 9 nitrogen and oxygen atoms in total. The van der Waals surface area contributed by atoms with Crippen molar-refractivity contribution in [3.05, 3.63) is 93.1 Å². The maximum absolute atomic E-state index is 12.8. The molecule has 3 aromatic rings. The predicted octanol–water partition coefficient (Wildman–Crippen LogP) is 4.41. The molecule has 1 saturated heterocycles. The van der Waals surface area contributed by atoms with Gasteiger partial charge in [-0.05, 0) is 54.2 Å². The molecule has 0 radical (unpaired) electrons. The topological polar surface area (TPSA) is 107 Å². The third kappa shape index (κ3) is 4.55. The maximum atomic E-state index is 12.8. The maximum Gasteiger partial charge on any atom is 0.337 e. The second-order valence-electron chi connectivity index (χ2n) is 6.99. The van der Waals surface area contributed by atoms with Crippen molar-refractivity contribution in [3.8, 4) is 5.69 Å². The Balaban J connectivity index is 1.64. The number of nitro groups is 1. The lowest BCUT2D eigenvalue weighted by Crippen LogP contribution is -2.23. The van der Waals surface area contributed by atoms with Crippen molar-refractivity contribution in [1.82, 2.24) is 9.47 Å². The highest BCUT2D eigenvalue weighted by molar-refractivity contribution is 8.18. The van der Waals surface area contributed by atoms with Crippen LogP contribution in [0.4, 0.5) is 11.4 Å². The molecular formula is C23H18N4O5S. The van der Waals surface area contributed by atoms with E-state index in [9.17, 15) is 19.7 Å². The summed E-state index contributed by atoms with van der Waals surface area (Å²) in [5.41, 5.74) is 2.16. The molecule has 0 saturated carbocycles. The zero-order valence-electron chi connectivity index (χ0n) is 17.7. The van der Waals surface area contributed by atoms with E-state index in [0.29, 0.717) is 32.7 Å². The van der Waals surface area contributed by atoms with E-state index in [1.165, 1.54) is 35.9 Å². The molecule has 0 unspecified atom stereocenters. The number of likely N-dealkylation sites (N-methyl/N-ethyl adjacent to an activating group) is 1. The molecule has 0 spiro atoms. The number of methoxy groups -OCH3 is 1. The van der Waals surface area contributed by atoms with Crippen LogP contribution in [0.5, 0.6) is 0 Å². The number of aliphatic imine (C=N–C) groups is 1. The van der Waals surface area contributed by atoms with E-state index in [0.717, 1.165) is 0 Å². The van der Waals surface area contributed by atoms with Gasteiger partial charge in [0.2, 0.25) is 0 Å². The Bertz CT molecular complexity index is 1330. The number of ether oxygens (including phenoxy) is 1. The number of thioether (sulfide) groups is 1. The third-order valence-corrected chi connectivity index (χ3v) is 5.93. The number of hydrogen-bond acceptors (Lipinski definition) is 7. The third-order valence-electron chi connectivity index (χ3n) is 4.87. The van der Waals surface area contributed by atoms with Crippen LogP contribution in [-0.2, 0) is 9.53 Å². The minimum atomic E-state index is -0.469. The summed E-state index contributed by atoms with van der Waals surface area (Å²) in [6, 6.07) is 16.5. The molecule has 0 aliphatic carbocycles. The standard InChI is InChI=1S/C23H18N4O5S/c1-25-21(28)20(33-23(25)24-16-7-3-6-15(12-16)22(29)32-2)14-18-10-5-11-26(18)17-8-4-9-19(13-17)27(30)31/h3-14H,1-2H3. The Labute approximate surface area is 193 Å². The number of benzene rings is 2. The number of aromatic nitrogens is 1. The summed E-state index contributed by atoms with van der Waals surface area (Å²) < 4.78 is 6.50. The smallest absolute Gasteiger partial charge is 0.337 e. The normalized spacial score (nSPS) is 15.9. The lowest BCUT2D eigenvalue weighted by atomic mass is 10.2. The molecule has 0 bridgehead atoms. The molecular weight excluding hydrogens is 444 g/mol. The van der Waals surface area contributed by atoms with Crippen molar-refractivity contribution in [2.75, 3.05) is 14.2 Å². The van der Waals surface area contributed by atoms with E-state index in [1.807, 2.05) is 6.07 Å². The summed E-state index contributed by atoms with van der Waals surface area (Å²) in [6.45, 7) is 0. The summed E-state index contributed by atoms with van der Waals surface area (Å²) in [6.07, 6.45) is 3.49. The van der Waals surface area contributed by atoms with Crippen LogP contribution in [0.25, 0.3) is 11.8 Å². The molecule has 1 aromatic heterocycles. The van der Waals surface area contributed by atoms with Gasteiger partial charge in [0.05, 0.1) is 33.9 Å². The number of amides is 1. The minimum absolute atomic E-state index is 0.0190. The van der Waals surface area contributed by atoms with Crippen LogP contribution in [0.1, 0.15) is 16.1 Å². The Morgan fingerprint density at radius 2 is 1.94 bits per heavy atom. The first-order chi connectivity index (χ1) is 15.9.